The maximum Gasteiger partial charge on any atom is 0.267 e. The summed E-state index contributed by atoms with van der Waals surface area (Å²) in [6.45, 7) is 4.39. The van der Waals surface area contributed by atoms with Crippen molar-refractivity contribution in [3.8, 4) is 11.4 Å². The molecule has 0 saturated carbocycles. The van der Waals surface area contributed by atoms with Crippen LogP contribution in [0.1, 0.15) is 13.8 Å². The van der Waals surface area contributed by atoms with Crippen molar-refractivity contribution in [2.24, 2.45) is 13.0 Å². The average Bonchev–Trinajstić information content (AvgIpc) is 2.68. The number of hydrogen-bond donors (Lipinski definition) is 0. The van der Waals surface area contributed by atoms with Crippen LogP contribution in [0.2, 0.25) is 0 Å². The zero-order valence-electron chi connectivity index (χ0n) is 15.9. The molecule has 0 bridgehead atoms. The van der Waals surface area contributed by atoms with Gasteiger partial charge in [0.2, 0.25) is 5.43 Å². The topological polar surface area (TPSA) is 56.9 Å². The number of nitrogens with zero attached hydrogens (tertiary/aromatic N) is 3. The predicted octanol–water partition coefficient (Wildman–Crippen LogP) is 3.71. The summed E-state index contributed by atoms with van der Waals surface area (Å²) in [5, 5.41) is 0.565. The third-order valence-electron chi connectivity index (χ3n) is 4.86. The lowest BCUT2D eigenvalue weighted by molar-refractivity contribution is 0.512. The fraction of sp³-hybridized carbons (Fsp3) is 0.227. The van der Waals surface area contributed by atoms with Gasteiger partial charge in [-0.25, -0.2) is 9.37 Å². The molecule has 4 aromatic rings. The first kappa shape index (κ1) is 18.1. The summed E-state index contributed by atoms with van der Waals surface area (Å²) in [6, 6.07) is 13.0. The van der Waals surface area contributed by atoms with E-state index in [1.165, 1.54) is 16.7 Å². The van der Waals surface area contributed by atoms with Gasteiger partial charge in [-0.2, -0.15) is 0 Å². The Morgan fingerprint density at radius 3 is 2.39 bits per heavy atom. The van der Waals surface area contributed by atoms with Crippen molar-refractivity contribution >= 4 is 21.9 Å². The third kappa shape index (κ3) is 2.81. The predicted molar refractivity (Wildman–Crippen MR) is 109 cm³/mol. The van der Waals surface area contributed by atoms with Gasteiger partial charge in [0.15, 0.2) is 5.65 Å². The van der Waals surface area contributed by atoms with Crippen molar-refractivity contribution in [3.05, 3.63) is 74.9 Å². The van der Waals surface area contributed by atoms with Crippen molar-refractivity contribution < 1.29 is 4.39 Å². The molecule has 0 amide bonds. The van der Waals surface area contributed by atoms with Crippen molar-refractivity contribution in [1.82, 2.24) is 14.1 Å². The number of para-hydroxylation sites is 1. The second kappa shape index (κ2) is 6.71. The highest BCUT2D eigenvalue weighted by Gasteiger charge is 2.19. The van der Waals surface area contributed by atoms with E-state index < -0.39 is 0 Å². The van der Waals surface area contributed by atoms with Crippen LogP contribution in [0.5, 0.6) is 0 Å². The molecule has 5 nitrogen and oxygen atoms in total. The first-order valence-electron chi connectivity index (χ1n) is 9.16. The van der Waals surface area contributed by atoms with Gasteiger partial charge in [-0.3, -0.25) is 14.2 Å². The van der Waals surface area contributed by atoms with Crippen LogP contribution in [0.4, 0.5) is 4.39 Å². The van der Waals surface area contributed by atoms with E-state index in [-0.39, 0.29) is 28.1 Å². The minimum absolute atomic E-state index is 0.0766. The Morgan fingerprint density at radius 2 is 1.71 bits per heavy atom. The number of halogens is 1. The summed E-state index contributed by atoms with van der Waals surface area (Å²) in [5.74, 6) is 0.234. The summed E-state index contributed by atoms with van der Waals surface area (Å²) in [4.78, 5) is 31.2. The quantitative estimate of drug-likeness (QED) is 0.512. The molecule has 2 aromatic heterocycles. The van der Waals surface area contributed by atoms with Gasteiger partial charge in [-0.05, 0) is 42.3 Å². The van der Waals surface area contributed by atoms with Crippen molar-refractivity contribution in [3.63, 3.8) is 0 Å². The van der Waals surface area contributed by atoms with E-state index in [4.69, 9.17) is 4.98 Å². The Hall–Kier alpha value is -3.28. The first-order valence-corrected chi connectivity index (χ1v) is 9.16. The molecule has 0 aliphatic heterocycles. The molecule has 0 radical (unpaired) electrons. The van der Waals surface area contributed by atoms with E-state index in [1.54, 1.807) is 35.9 Å². The molecule has 0 fully saturated rings. The second-order valence-electron chi connectivity index (χ2n) is 7.36. The lowest BCUT2D eigenvalue weighted by Crippen LogP contribution is -2.30. The van der Waals surface area contributed by atoms with Crippen LogP contribution in [-0.2, 0) is 13.6 Å². The third-order valence-corrected chi connectivity index (χ3v) is 4.86. The van der Waals surface area contributed by atoms with Crippen molar-refractivity contribution in [2.45, 2.75) is 20.4 Å². The Balaban J connectivity index is 2.19. The lowest BCUT2D eigenvalue weighted by atomic mass is 10.1. The van der Waals surface area contributed by atoms with Crippen LogP contribution in [0.15, 0.2) is 58.1 Å². The number of fused-ring (bicyclic) bond motifs is 2. The second-order valence-corrected chi connectivity index (χ2v) is 7.36. The fourth-order valence-electron chi connectivity index (χ4n) is 3.55. The smallest absolute Gasteiger partial charge is 0.267 e. The van der Waals surface area contributed by atoms with Gasteiger partial charge in [-0.1, -0.05) is 26.0 Å². The van der Waals surface area contributed by atoms with Gasteiger partial charge < -0.3 is 4.57 Å². The highest BCUT2D eigenvalue weighted by atomic mass is 19.1. The normalized spacial score (nSPS) is 11.6. The Morgan fingerprint density at radius 1 is 1.04 bits per heavy atom. The van der Waals surface area contributed by atoms with E-state index in [1.807, 2.05) is 26.0 Å². The van der Waals surface area contributed by atoms with Crippen molar-refractivity contribution in [2.75, 3.05) is 0 Å². The van der Waals surface area contributed by atoms with E-state index in [0.29, 0.717) is 34.5 Å². The van der Waals surface area contributed by atoms with E-state index in [9.17, 15) is 14.0 Å². The molecular formula is C22H20FN3O2. The Bertz CT molecular complexity index is 1320. The number of aromatic nitrogens is 3. The zero-order chi connectivity index (χ0) is 20.0. The summed E-state index contributed by atoms with van der Waals surface area (Å²) in [5.41, 5.74) is 0.974. The van der Waals surface area contributed by atoms with Crippen LogP contribution < -0.4 is 11.0 Å². The molecule has 4 rings (SSSR count). The maximum absolute atomic E-state index is 13.4. The van der Waals surface area contributed by atoms with Gasteiger partial charge in [0, 0.05) is 24.5 Å². The largest absolute Gasteiger partial charge is 0.328 e. The number of aryl methyl sites for hydroxylation is 1. The SMILES string of the molecule is CC(C)Cn1c(-c2ccc(F)cc2)nc2c(c(=O)c3ccccc3n2C)c1=O. The van der Waals surface area contributed by atoms with Crippen molar-refractivity contribution in [1.29, 1.82) is 0 Å². The maximum atomic E-state index is 13.4. The Kier molecular flexibility index (Phi) is 4.34. The van der Waals surface area contributed by atoms with Crippen LogP contribution in [0, 0.1) is 11.7 Å². The van der Waals surface area contributed by atoms with Crippen LogP contribution in [0.3, 0.4) is 0 Å². The molecule has 28 heavy (non-hydrogen) atoms. The highest BCUT2D eigenvalue weighted by Crippen LogP contribution is 2.21. The summed E-state index contributed by atoms with van der Waals surface area (Å²) in [7, 11) is 1.79. The lowest BCUT2D eigenvalue weighted by Gasteiger charge is -2.17. The number of pyridine rings is 1. The van der Waals surface area contributed by atoms with E-state index >= 15 is 0 Å². The van der Waals surface area contributed by atoms with Gasteiger partial charge >= 0.3 is 0 Å². The van der Waals surface area contributed by atoms with E-state index in [0.717, 1.165) is 0 Å². The van der Waals surface area contributed by atoms with Gasteiger partial charge in [0.05, 0.1) is 5.52 Å². The number of benzene rings is 2. The molecule has 0 aliphatic rings. The summed E-state index contributed by atoms with van der Waals surface area (Å²) >= 11 is 0. The molecule has 0 unspecified atom stereocenters. The number of rotatable bonds is 3. The summed E-state index contributed by atoms with van der Waals surface area (Å²) in [6.07, 6.45) is 0. The van der Waals surface area contributed by atoms with Gasteiger partial charge in [0.25, 0.3) is 5.56 Å². The molecule has 0 aliphatic carbocycles. The average molecular weight is 377 g/mol. The molecule has 0 saturated heterocycles. The molecule has 6 heteroatoms. The zero-order valence-corrected chi connectivity index (χ0v) is 15.9. The highest BCUT2D eigenvalue weighted by molar-refractivity contribution is 5.91. The molecule has 0 N–H and O–H groups in total. The standard InChI is InChI=1S/C22H20FN3O2/c1-13(2)12-26-20(14-8-10-15(23)11-9-14)24-21-18(22(26)28)19(27)16-6-4-5-7-17(16)25(21)3/h4-11,13H,12H2,1-3H3. The van der Waals surface area contributed by atoms with Crippen LogP contribution >= 0.6 is 0 Å². The minimum Gasteiger partial charge on any atom is -0.328 e. The molecular weight excluding hydrogens is 357 g/mol. The molecule has 2 aromatic carbocycles. The monoisotopic (exact) mass is 377 g/mol. The molecule has 142 valence electrons. The minimum atomic E-state index is -0.371. The molecule has 0 spiro atoms. The summed E-state index contributed by atoms with van der Waals surface area (Å²) < 4.78 is 16.7. The Labute approximate surface area is 160 Å². The van der Waals surface area contributed by atoms with Gasteiger partial charge in [0.1, 0.15) is 17.0 Å². The van der Waals surface area contributed by atoms with Crippen LogP contribution in [0.25, 0.3) is 33.3 Å². The van der Waals surface area contributed by atoms with Gasteiger partial charge in [-0.15, -0.1) is 0 Å². The fourth-order valence-corrected chi connectivity index (χ4v) is 3.55. The molecule has 0 atom stereocenters. The molecule has 2 heterocycles. The van der Waals surface area contributed by atoms with E-state index in [2.05, 4.69) is 0 Å². The first-order chi connectivity index (χ1) is 13.4. The number of hydrogen-bond acceptors (Lipinski definition) is 3. The van der Waals surface area contributed by atoms with Crippen LogP contribution in [-0.4, -0.2) is 14.1 Å².